The minimum atomic E-state index is -0.540. The molecule has 0 fully saturated rings. The highest BCUT2D eigenvalue weighted by molar-refractivity contribution is 7.26. The van der Waals surface area contributed by atoms with E-state index < -0.39 is 16.2 Å². The molecule has 2 nitrogen and oxygen atoms in total. The monoisotopic (exact) mass is 1540 g/mol. The van der Waals surface area contributed by atoms with Gasteiger partial charge in [-0.15, -0.1) is 11.3 Å². The summed E-state index contributed by atoms with van der Waals surface area (Å²) in [7, 11) is 0. The summed E-state index contributed by atoms with van der Waals surface area (Å²) in [5, 5.41) is 2.64. The zero-order valence-corrected chi connectivity index (χ0v) is 66.5. The van der Waals surface area contributed by atoms with Crippen molar-refractivity contribution in [2.24, 2.45) is 0 Å². The van der Waals surface area contributed by atoms with Gasteiger partial charge in [-0.1, -0.05) is 406 Å². The molecule has 5 aliphatic rings. The summed E-state index contributed by atoms with van der Waals surface area (Å²) >= 11 is 1.88. The number of nitrogens with zero attached hydrogens (tertiary/aromatic N) is 2. The molecular weight excluding hydrogens is 1470 g/mol. The van der Waals surface area contributed by atoms with E-state index in [1.54, 1.807) is 0 Å². The second kappa shape index (κ2) is 27.6. The number of anilines is 6. The van der Waals surface area contributed by atoms with E-state index in [9.17, 15) is 0 Å². The molecule has 1 heterocycles. The van der Waals surface area contributed by atoms with Crippen molar-refractivity contribution in [3.8, 4) is 89.0 Å². The van der Waals surface area contributed by atoms with Crippen molar-refractivity contribution in [2.45, 2.75) is 16.2 Å². The molecule has 25 rings (SSSR count). The summed E-state index contributed by atoms with van der Waals surface area (Å²) in [6.07, 6.45) is 0. The van der Waals surface area contributed by atoms with Gasteiger partial charge in [-0.05, 0) is 188 Å². The number of rotatable bonds is 11. The molecule has 0 atom stereocenters. The van der Waals surface area contributed by atoms with Gasteiger partial charge in [-0.3, -0.25) is 0 Å². The van der Waals surface area contributed by atoms with Crippen LogP contribution < -0.4 is 9.80 Å². The van der Waals surface area contributed by atoms with Crippen LogP contribution in [0.5, 0.6) is 0 Å². The van der Waals surface area contributed by atoms with Crippen LogP contribution in [0.15, 0.2) is 461 Å². The molecule has 0 saturated heterocycles. The van der Waals surface area contributed by atoms with Gasteiger partial charge in [0.25, 0.3) is 0 Å². The molecule has 20 aromatic rings. The van der Waals surface area contributed by atoms with Crippen LogP contribution in [-0.2, 0) is 16.2 Å². The number of benzene rings is 19. The van der Waals surface area contributed by atoms with Crippen molar-refractivity contribution < 1.29 is 0 Å². The van der Waals surface area contributed by atoms with Crippen molar-refractivity contribution in [1.29, 1.82) is 0 Å². The van der Waals surface area contributed by atoms with Crippen molar-refractivity contribution in [2.75, 3.05) is 9.80 Å². The molecule has 120 heavy (non-hydrogen) atoms. The molecule has 0 aliphatic heterocycles. The van der Waals surface area contributed by atoms with E-state index in [4.69, 9.17) is 0 Å². The molecule has 0 bridgehead atoms. The van der Waals surface area contributed by atoms with Gasteiger partial charge >= 0.3 is 0 Å². The van der Waals surface area contributed by atoms with Crippen molar-refractivity contribution in [3.63, 3.8) is 0 Å². The van der Waals surface area contributed by atoms with Gasteiger partial charge in [-0.25, -0.2) is 0 Å². The number of para-hydroxylation sites is 2. The van der Waals surface area contributed by atoms with E-state index in [1.807, 2.05) is 11.3 Å². The molecule has 1 aromatic heterocycles. The fourth-order valence-electron chi connectivity index (χ4n) is 21.8. The smallest absolute Gasteiger partial charge is 0.0726 e. The average molecular weight is 1540 g/mol. The summed E-state index contributed by atoms with van der Waals surface area (Å²) in [4.78, 5) is 5.07. The standard InChI is InChI=1S/C62H41N.C55H35NS/c1-4-21-42(22-5-1)46-27-14-19-37-58(46)63(45-39-40-50-49-30-10-15-32-52(49)61(57(50)41-45,43-23-6-2-7-24-43)44-25-8-3-9-26-44)59-38-20-36-56-60(59)51-31-13-18-35-55(51)62(56)53-33-16-11-28-47(53)48-29-12-17-34-54(48)62;1-2-16-36(17-3-1)39-18-7-12-29-50(39)56(38-34-32-37(33-35-38)40-23-14-24-44-43-21-8-13-31-52(43)57-54(40)44)51-30-15-28-49-53(51)45-22-6-11-27-48(45)55(49)46-25-9-4-19-41(46)42-20-5-10-26-47(42)55/h1-41H;1-35H. The third-order valence-corrected chi connectivity index (χ3v) is 27.7. The van der Waals surface area contributed by atoms with Gasteiger partial charge in [0.05, 0.1) is 39.0 Å². The first kappa shape index (κ1) is 69.3. The maximum atomic E-state index is 2.56. The Hall–Kier alpha value is -15.0. The van der Waals surface area contributed by atoms with Gasteiger partial charge in [0, 0.05) is 53.8 Å². The van der Waals surface area contributed by atoms with E-state index in [0.717, 1.165) is 28.4 Å². The first-order valence-corrected chi connectivity index (χ1v) is 42.5. The van der Waals surface area contributed by atoms with E-state index >= 15 is 0 Å². The molecule has 560 valence electrons. The molecule has 2 spiro atoms. The van der Waals surface area contributed by atoms with Gasteiger partial charge in [0.15, 0.2) is 0 Å². The molecule has 0 amide bonds. The summed E-state index contributed by atoms with van der Waals surface area (Å²) < 4.78 is 2.65. The zero-order chi connectivity index (χ0) is 79.0. The van der Waals surface area contributed by atoms with Crippen LogP contribution >= 0.6 is 11.3 Å². The summed E-state index contributed by atoms with van der Waals surface area (Å²) in [6, 6.07) is 171. The maximum Gasteiger partial charge on any atom is 0.0726 e. The first-order chi connectivity index (χ1) is 59.6. The van der Waals surface area contributed by atoms with Gasteiger partial charge in [-0.2, -0.15) is 0 Å². The lowest BCUT2D eigenvalue weighted by Crippen LogP contribution is -2.28. The highest BCUT2D eigenvalue weighted by Gasteiger charge is 2.55. The molecule has 19 aromatic carbocycles. The number of thiophene rings is 1. The number of hydrogen-bond donors (Lipinski definition) is 0. The predicted octanol–water partition coefficient (Wildman–Crippen LogP) is 30.7. The molecule has 0 N–H and O–H groups in total. The highest BCUT2D eigenvalue weighted by Crippen LogP contribution is 2.68. The second-order valence-corrected chi connectivity index (χ2v) is 33.2. The van der Waals surface area contributed by atoms with E-state index in [0.29, 0.717) is 0 Å². The Morgan fingerprint density at radius 1 is 0.175 bits per heavy atom. The lowest BCUT2D eigenvalue weighted by molar-refractivity contribution is 0.768. The lowest BCUT2D eigenvalue weighted by atomic mass is 9.67. The Labute approximate surface area is 703 Å². The molecule has 5 aliphatic carbocycles. The zero-order valence-electron chi connectivity index (χ0n) is 65.7. The fraction of sp³-hybridized carbons (Fsp3) is 0.0256. The van der Waals surface area contributed by atoms with Crippen molar-refractivity contribution >= 4 is 65.6 Å². The minimum absolute atomic E-state index is 0.424. The van der Waals surface area contributed by atoms with Gasteiger partial charge in [0.2, 0.25) is 0 Å². The van der Waals surface area contributed by atoms with E-state index in [2.05, 4.69) is 471 Å². The Balaban J connectivity index is 0.000000137. The van der Waals surface area contributed by atoms with Crippen LogP contribution in [0.25, 0.3) is 109 Å². The fourth-order valence-corrected chi connectivity index (χ4v) is 23.1. The summed E-state index contributed by atoms with van der Waals surface area (Å²) in [5.41, 5.74) is 41.3. The third-order valence-electron chi connectivity index (χ3n) is 26.5. The topological polar surface area (TPSA) is 6.48 Å². The number of hydrogen-bond acceptors (Lipinski definition) is 3. The van der Waals surface area contributed by atoms with E-state index in [1.165, 1.54) is 182 Å². The summed E-state index contributed by atoms with van der Waals surface area (Å²) in [6.45, 7) is 0. The Bertz CT molecular complexity index is 7350. The molecule has 0 unspecified atom stereocenters. The van der Waals surface area contributed by atoms with Crippen molar-refractivity contribution in [1.82, 2.24) is 0 Å². The van der Waals surface area contributed by atoms with Crippen LogP contribution in [0.1, 0.15) is 66.8 Å². The molecule has 0 saturated carbocycles. The highest BCUT2D eigenvalue weighted by atomic mass is 32.1. The SMILES string of the molecule is c1ccc(-c2ccccc2N(c2ccc(-c3cccc4c3sc3ccccc34)cc2)c2cccc3c2-c2ccccc2C32c3ccccc3-c3ccccc32)cc1.c1ccc(-c2ccccc2N(c2ccc3c(c2)C(c2ccccc2)(c2ccccc2)c2ccccc2-3)c2cccc3c2-c2ccccc2C32c3ccccc3-c3ccccc32)cc1. The van der Waals surface area contributed by atoms with Crippen LogP contribution in [-0.4, -0.2) is 0 Å². The minimum Gasteiger partial charge on any atom is -0.309 e. The van der Waals surface area contributed by atoms with Gasteiger partial charge in [0.1, 0.15) is 0 Å². The Kier molecular flexibility index (Phi) is 15.9. The maximum absolute atomic E-state index is 2.56. The van der Waals surface area contributed by atoms with Crippen molar-refractivity contribution in [3.05, 3.63) is 528 Å². The first-order valence-electron chi connectivity index (χ1n) is 41.7. The number of fused-ring (bicyclic) bond motifs is 26. The Morgan fingerprint density at radius 2 is 0.475 bits per heavy atom. The van der Waals surface area contributed by atoms with Gasteiger partial charge < -0.3 is 9.80 Å². The average Bonchev–Trinajstić information content (AvgIpc) is 1.51. The predicted molar refractivity (Wildman–Crippen MR) is 501 cm³/mol. The van der Waals surface area contributed by atoms with Crippen LogP contribution in [0.3, 0.4) is 0 Å². The Morgan fingerprint density at radius 3 is 0.933 bits per heavy atom. The second-order valence-electron chi connectivity index (χ2n) is 32.2. The quantitative estimate of drug-likeness (QED) is 0.127. The van der Waals surface area contributed by atoms with E-state index in [-0.39, 0.29) is 0 Å². The summed E-state index contributed by atoms with van der Waals surface area (Å²) in [5.74, 6) is 0. The molecular formula is C117H76N2S. The van der Waals surface area contributed by atoms with Crippen LogP contribution in [0.4, 0.5) is 34.1 Å². The third kappa shape index (κ3) is 9.96. The van der Waals surface area contributed by atoms with Crippen LogP contribution in [0.2, 0.25) is 0 Å². The molecule has 3 heteroatoms. The molecule has 0 radical (unpaired) electrons. The largest absolute Gasteiger partial charge is 0.309 e. The normalized spacial score (nSPS) is 13.5. The lowest BCUT2D eigenvalue weighted by Gasteiger charge is -2.35. The van der Waals surface area contributed by atoms with Crippen LogP contribution in [0, 0.1) is 0 Å².